The summed E-state index contributed by atoms with van der Waals surface area (Å²) in [4.78, 5) is 12.9. The molecule has 1 aromatic carbocycles. The minimum Gasteiger partial charge on any atom is -0.494 e. The average molecular weight is 423 g/mol. The van der Waals surface area contributed by atoms with Gasteiger partial charge in [0.25, 0.3) is 10.0 Å². The molecule has 2 aromatic rings. The van der Waals surface area contributed by atoms with Crippen LogP contribution in [0.3, 0.4) is 0 Å². The lowest BCUT2D eigenvalue weighted by Crippen LogP contribution is -2.35. The van der Waals surface area contributed by atoms with Crippen LogP contribution in [-0.2, 0) is 21.2 Å². The van der Waals surface area contributed by atoms with Crippen LogP contribution in [0.15, 0.2) is 46.7 Å². The first-order valence-corrected chi connectivity index (χ1v) is 11.8. The Morgan fingerprint density at radius 3 is 2.57 bits per heavy atom. The van der Waals surface area contributed by atoms with E-state index in [-0.39, 0.29) is 12.3 Å². The van der Waals surface area contributed by atoms with Crippen molar-refractivity contribution in [2.45, 2.75) is 36.3 Å². The lowest BCUT2D eigenvalue weighted by molar-refractivity contribution is -0.120. The Bertz CT molecular complexity index is 859. The van der Waals surface area contributed by atoms with Crippen LogP contribution in [0.2, 0.25) is 0 Å². The number of nitrogens with zero attached hydrogens (tertiary/aromatic N) is 1. The normalized spacial score (nSPS) is 15.3. The number of carbonyl (C=O) groups is 1. The maximum absolute atomic E-state index is 12.7. The molecule has 1 aliphatic rings. The Morgan fingerprint density at radius 1 is 1.07 bits per heavy atom. The molecule has 0 aliphatic carbocycles. The molecule has 152 valence electrons. The molecule has 0 saturated carbocycles. The third-order valence-corrected chi connectivity index (χ3v) is 7.99. The second-order valence-electron chi connectivity index (χ2n) is 6.73. The van der Waals surface area contributed by atoms with Gasteiger partial charge in [-0.05, 0) is 43.5 Å². The van der Waals surface area contributed by atoms with Crippen molar-refractivity contribution in [3.63, 3.8) is 0 Å². The van der Waals surface area contributed by atoms with Crippen LogP contribution in [-0.4, -0.2) is 44.9 Å². The molecule has 1 amide bonds. The summed E-state index contributed by atoms with van der Waals surface area (Å²) in [6.07, 6.45) is 3.80. The number of nitrogens with one attached hydrogen (secondary N) is 1. The standard InChI is InChI=1S/C20H26N2O4S2/c23-19(21-12-7-15-26-17-8-3-1-4-9-17)16-18-10-11-20(27-18)28(24,25)22-13-5-2-6-14-22/h1,3-4,8-11H,2,5-7,12-16H2,(H,21,23). The minimum atomic E-state index is -3.42. The van der Waals surface area contributed by atoms with E-state index in [1.807, 2.05) is 30.3 Å². The molecule has 6 nitrogen and oxygen atoms in total. The van der Waals surface area contributed by atoms with Crippen molar-refractivity contribution in [2.75, 3.05) is 26.2 Å². The van der Waals surface area contributed by atoms with Gasteiger partial charge < -0.3 is 10.1 Å². The number of rotatable bonds is 9. The van der Waals surface area contributed by atoms with Crippen LogP contribution in [0.1, 0.15) is 30.6 Å². The molecule has 1 N–H and O–H groups in total. The zero-order chi connectivity index (χ0) is 19.8. The summed E-state index contributed by atoms with van der Waals surface area (Å²) in [5, 5.41) is 2.86. The lowest BCUT2D eigenvalue weighted by Gasteiger charge is -2.25. The van der Waals surface area contributed by atoms with Crippen molar-refractivity contribution >= 4 is 27.3 Å². The highest BCUT2D eigenvalue weighted by Gasteiger charge is 2.27. The smallest absolute Gasteiger partial charge is 0.252 e. The van der Waals surface area contributed by atoms with E-state index in [9.17, 15) is 13.2 Å². The van der Waals surface area contributed by atoms with Crippen LogP contribution >= 0.6 is 11.3 Å². The summed E-state index contributed by atoms with van der Waals surface area (Å²) in [5.74, 6) is 0.707. The summed E-state index contributed by atoms with van der Waals surface area (Å²) in [6, 6.07) is 12.9. The molecule has 28 heavy (non-hydrogen) atoms. The molecule has 0 spiro atoms. The number of ether oxygens (including phenoxy) is 1. The number of para-hydroxylation sites is 1. The molecule has 1 fully saturated rings. The van der Waals surface area contributed by atoms with E-state index in [0.29, 0.717) is 36.9 Å². The van der Waals surface area contributed by atoms with E-state index in [0.717, 1.165) is 29.9 Å². The van der Waals surface area contributed by atoms with Crippen LogP contribution in [0.25, 0.3) is 0 Å². The third kappa shape index (κ3) is 5.80. The molecule has 1 saturated heterocycles. The van der Waals surface area contributed by atoms with E-state index in [2.05, 4.69) is 5.32 Å². The fraction of sp³-hybridized carbons (Fsp3) is 0.450. The maximum Gasteiger partial charge on any atom is 0.252 e. The number of piperidine rings is 1. The van der Waals surface area contributed by atoms with Gasteiger partial charge >= 0.3 is 0 Å². The third-order valence-electron chi connectivity index (χ3n) is 4.54. The van der Waals surface area contributed by atoms with Crippen molar-refractivity contribution in [3.8, 4) is 5.75 Å². The Morgan fingerprint density at radius 2 is 1.82 bits per heavy atom. The molecule has 0 radical (unpaired) electrons. The number of hydrogen-bond donors (Lipinski definition) is 1. The van der Waals surface area contributed by atoms with E-state index in [4.69, 9.17) is 4.74 Å². The van der Waals surface area contributed by atoms with Crippen LogP contribution in [0, 0.1) is 0 Å². The molecular weight excluding hydrogens is 396 g/mol. The van der Waals surface area contributed by atoms with Gasteiger partial charge in [-0.1, -0.05) is 24.6 Å². The number of carbonyl (C=O) groups excluding carboxylic acids is 1. The van der Waals surface area contributed by atoms with Crippen molar-refractivity contribution in [1.82, 2.24) is 9.62 Å². The molecular formula is C20H26N2O4S2. The van der Waals surface area contributed by atoms with Crippen molar-refractivity contribution in [2.24, 2.45) is 0 Å². The first-order valence-electron chi connectivity index (χ1n) is 9.59. The van der Waals surface area contributed by atoms with Gasteiger partial charge in [0.2, 0.25) is 5.91 Å². The summed E-state index contributed by atoms with van der Waals surface area (Å²) in [6.45, 7) is 2.22. The van der Waals surface area contributed by atoms with Crippen LogP contribution < -0.4 is 10.1 Å². The number of amides is 1. The molecule has 2 heterocycles. The Labute approximate surface area is 170 Å². The molecule has 0 atom stereocenters. The van der Waals surface area contributed by atoms with E-state index in [1.165, 1.54) is 11.3 Å². The van der Waals surface area contributed by atoms with Gasteiger partial charge in [-0.15, -0.1) is 11.3 Å². The first kappa shape index (κ1) is 20.8. The highest BCUT2D eigenvalue weighted by molar-refractivity contribution is 7.91. The molecule has 0 unspecified atom stereocenters. The summed E-state index contributed by atoms with van der Waals surface area (Å²) >= 11 is 1.19. The lowest BCUT2D eigenvalue weighted by atomic mass is 10.2. The fourth-order valence-electron chi connectivity index (χ4n) is 3.05. The van der Waals surface area contributed by atoms with E-state index < -0.39 is 10.0 Å². The summed E-state index contributed by atoms with van der Waals surface area (Å²) in [7, 11) is -3.42. The monoisotopic (exact) mass is 422 g/mol. The predicted octanol–water partition coefficient (Wildman–Crippen LogP) is 3.05. The highest BCUT2D eigenvalue weighted by atomic mass is 32.2. The molecule has 1 aliphatic heterocycles. The van der Waals surface area contributed by atoms with E-state index >= 15 is 0 Å². The Kier molecular flexibility index (Phi) is 7.47. The molecule has 3 rings (SSSR count). The van der Waals surface area contributed by atoms with E-state index in [1.54, 1.807) is 16.4 Å². The number of sulfonamides is 1. The average Bonchev–Trinajstić information content (AvgIpc) is 3.18. The van der Waals surface area contributed by atoms with Gasteiger partial charge in [0, 0.05) is 24.5 Å². The predicted molar refractivity (Wildman–Crippen MR) is 110 cm³/mol. The largest absolute Gasteiger partial charge is 0.494 e. The van der Waals surface area contributed by atoms with Crippen LogP contribution in [0.4, 0.5) is 0 Å². The van der Waals surface area contributed by atoms with Crippen molar-refractivity contribution < 1.29 is 17.9 Å². The fourth-order valence-corrected chi connectivity index (χ4v) is 6.08. The number of benzene rings is 1. The SMILES string of the molecule is O=C(Cc1ccc(S(=O)(=O)N2CCCCC2)s1)NCCCOc1ccccc1. The topological polar surface area (TPSA) is 75.7 Å². The molecule has 1 aromatic heterocycles. The second-order valence-corrected chi connectivity index (χ2v) is 10.1. The van der Waals surface area contributed by atoms with Crippen LogP contribution in [0.5, 0.6) is 5.75 Å². The first-order chi connectivity index (χ1) is 13.6. The Balaban J connectivity index is 1.41. The molecule has 0 bridgehead atoms. The summed E-state index contributed by atoms with van der Waals surface area (Å²) in [5.41, 5.74) is 0. The van der Waals surface area contributed by atoms with Crippen molar-refractivity contribution in [1.29, 1.82) is 0 Å². The van der Waals surface area contributed by atoms with Gasteiger partial charge in [0.05, 0.1) is 13.0 Å². The van der Waals surface area contributed by atoms with Gasteiger partial charge in [0.1, 0.15) is 9.96 Å². The Hall–Kier alpha value is -1.90. The van der Waals surface area contributed by atoms with Gasteiger partial charge in [0.15, 0.2) is 0 Å². The maximum atomic E-state index is 12.7. The van der Waals surface area contributed by atoms with Gasteiger partial charge in [-0.2, -0.15) is 4.31 Å². The second kappa shape index (κ2) is 10.0. The summed E-state index contributed by atoms with van der Waals surface area (Å²) < 4.78 is 32.8. The van der Waals surface area contributed by atoms with Gasteiger partial charge in [-0.3, -0.25) is 4.79 Å². The molecule has 8 heteroatoms. The highest BCUT2D eigenvalue weighted by Crippen LogP contribution is 2.27. The number of hydrogen-bond acceptors (Lipinski definition) is 5. The minimum absolute atomic E-state index is 0.108. The van der Waals surface area contributed by atoms with Gasteiger partial charge in [-0.25, -0.2) is 8.42 Å². The zero-order valence-corrected chi connectivity index (χ0v) is 17.4. The zero-order valence-electron chi connectivity index (χ0n) is 15.8. The quantitative estimate of drug-likeness (QED) is 0.630. The van der Waals surface area contributed by atoms with Crippen molar-refractivity contribution in [3.05, 3.63) is 47.3 Å². The number of thiophene rings is 1.